The van der Waals surface area contributed by atoms with Crippen molar-refractivity contribution < 1.29 is 4.42 Å². The molecular weight excluding hydrogens is 234 g/mol. The molecule has 1 fully saturated rings. The van der Waals surface area contributed by atoms with Crippen molar-refractivity contribution >= 4 is 17.4 Å². The average molecular weight is 247 g/mol. The highest BCUT2D eigenvalue weighted by Gasteiger charge is 2.15. The molecule has 1 atom stereocenters. The van der Waals surface area contributed by atoms with E-state index in [1.165, 1.54) is 24.3 Å². The molecule has 1 aromatic heterocycles. The molecule has 3 rings (SSSR count). The fourth-order valence-electron chi connectivity index (χ4n) is 1.92. The van der Waals surface area contributed by atoms with Crippen LogP contribution in [0.4, 0.5) is 5.69 Å². The molecule has 4 nitrogen and oxygen atoms in total. The van der Waals surface area contributed by atoms with Gasteiger partial charge in [0.15, 0.2) is 0 Å². The van der Waals surface area contributed by atoms with Gasteiger partial charge < -0.3 is 9.73 Å². The first-order valence-corrected chi connectivity index (χ1v) is 6.78. The lowest BCUT2D eigenvalue weighted by molar-refractivity contribution is 0.568. The van der Waals surface area contributed by atoms with Crippen molar-refractivity contribution in [3.05, 3.63) is 30.7 Å². The lowest BCUT2D eigenvalue weighted by Crippen LogP contribution is -2.17. The topological polar surface area (TPSA) is 51.0 Å². The van der Waals surface area contributed by atoms with Gasteiger partial charge in [-0.05, 0) is 30.4 Å². The van der Waals surface area contributed by atoms with Crippen LogP contribution in [0.5, 0.6) is 0 Å². The smallest absolute Gasteiger partial charge is 0.247 e. The SMILES string of the molecule is c1cc(NC2CCSC2)cc(-c2nnco2)c1. The van der Waals surface area contributed by atoms with Crippen LogP contribution in [0.15, 0.2) is 35.1 Å². The number of hydrogen-bond acceptors (Lipinski definition) is 5. The molecule has 2 heterocycles. The lowest BCUT2D eigenvalue weighted by atomic mass is 10.2. The summed E-state index contributed by atoms with van der Waals surface area (Å²) in [6, 6.07) is 8.68. The number of aromatic nitrogens is 2. The zero-order chi connectivity index (χ0) is 11.5. The highest BCUT2D eigenvalue weighted by atomic mass is 32.2. The van der Waals surface area contributed by atoms with Gasteiger partial charge in [0.05, 0.1) is 0 Å². The zero-order valence-electron chi connectivity index (χ0n) is 9.30. The van der Waals surface area contributed by atoms with Gasteiger partial charge in [0.2, 0.25) is 12.3 Å². The number of thioether (sulfide) groups is 1. The maximum atomic E-state index is 5.19. The number of rotatable bonds is 3. The number of benzene rings is 1. The van der Waals surface area contributed by atoms with Crippen LogP contribution >= 0.6 is 11.8 Å². The number of anilines is 1. The highest BCUT2D eigenvalue weighted by Crippen LogP contribution is 2.24. The molecule has 1 aliphatic heterocycles. The van der Waals surface area contributed by atoms with E-state index in [0.717, 1.165) is 11.3 Å². The van der Waals surface area contributed by atoms with Crippen molar-refractivity contribution in [1.82, 2.24) is 10.2 Å². The van der Waals surface area contributed by atoms with Crippen LogP contribution < -0.4 is 5.32 Å². The molecule has 1 aromatic carbocycles. The summed E-state index contributed by atoms with van der Waals surface area (Å²) in [4.78, 5) is 0. The molecule has 0 aliphatic carbocycles. The van der Waals surface area contributed by atoms with E-state index < -0.39 is 0 Å². The standard InChI is InChI=1S/C12H13N3OS/c1-2-9(12-15-13-8-16-12)6-10(3-1)14-11-4-5-17-7-11/h1-3,6,8,11,14H,4-5,7H2. The molecule has 1 N–H and O–H groups in total. The monoisotopic (exact) mass is 247 g/mol. The van der Waals surface area contributed by atoms with E-state index >= 15 is 0 Å². The Balaban J connectivity index is 1.79. The predicted molar refractivity (Wildman–Crippen MR) is 69.1 cm³/mol. The number of nitrogens with zero attached hydrogens (tertiary/aromatic N) is 2. The molecule has 0 bridgehead atoms. The zero-order valence-corrected chi connectivity index (χ0v) is 10.1. The third-order valence-electron chi connectivity index (χ3n) is 2.77. The first kappa shape index (κ1) is 10.7. The minimum Gasteiger partial charge on any atom is -0.423 e. The van der Waals surface area contributed by atoms with Gasteiger partial charge in [-0.1, -0.05) is 6.07 Å². The van der Waals surface area contributed by atoms with Crippen molar-refractivity contribution in [2.75, 3.05) is 16.8 Å². The minimum atomic E-state index is 0.564. The van der Waals surface area contributed by atoms with Gasteiger partial charge in [0, 0.05) is 23.0 Å². The van der Waals surface area contributed by atoms with Crippen LogP contribution in [-0.2, 0) is 0 Å². The second kappa shape index (κ2) is 4.79. The molecule has 1 unspecified atom stereocenters. The fourth-order valence-corrected chi connectivity index (χ4v) is 3.08. The summed E-state index contributed by atoms with van der Waals surface area (Å²) in [5.74, 6) is 3.00. The summed E-state index contributed by atoms with van der Waals surface area (Å²) in [5, 5.41) is 11.1. The number of hydrogen-bond donors (Lipinski definition) is 1. The number of nitrogens with one attached hydrogen (secondary N) is 1. The van der Waals surface area contributed by atoms with Crippen molar-refractivity contribution in [2.24, 2.45) is 0 Å². The van der Waals surface area contributed by atoms with Crippen LogP contribution in [-0.4, -0.2) is 27.7 Å². The Kier molecular flexibility index (Phi) is 3.00. The van der Waals surface area contributed by atoms with Gasteiger partial charge in [0.1, 0.15) is 0 Å². The van der Waals surface area contributed by atoms with E-state index in [1.807, 2.05) is 23.9 Å². The van der Waals surface area contributed by atoms with E-state index in [1.54, 1.807) is 0 Å². The summed E-state index contributed by atoms with van der Waals surface area (Å²) >= 11 is 2.00. The van der Waals surface area contributed by atoms with Gasteiger partial charge in [0.25, 0.3) is 0 Å². The first-order valence-electron chi connectivity index (χ1n) is 5.63. The summed E-state index contributed by atoms with van der Waals surface area (Å²) in [5.41, 5.74) is 2.08. The Hall–Kier alpha value is -1.49. The third-order valence-corrected chi connectivity index (χ3v) is 3.93. The van der Waals surface area contributed by atoms with Crippen LogP contribution in [0.1, 0.15) is 6.42 Å². The van der Waals surface area contributed by atoms with E-state index in [0.29, 0.717) is 11.9 Å². The minimum absolute atomic E-state index is 0.564. The van der Waals surface area contributed by atoms with E-state index in [9.17, 15) is 0 Å². The van der Waals surface area contributed by atoms with E-state index in [-0.39, 0.29) is 0 Å². The van der Waals surface area contributed by atoms with Crippen LogP contribution in [0.3, 0.4) is 0 Å². The van der Waals surface area contributed by atoms with E-state index in [4.69, 9.17) is 4.42 Å². The van der Waals surface area contributed by atoms with Crippen LogP contribution in [0.25, 0.3) is 11.5 Å². The normalized spacial score (nSPS) is 19.4. The molecule has 0 amide bonds. The summed E-state index contributed by atoms with van der Waals surface area (Å²) < 4.78 is 5.19. The molecule has 0 spiro atoms. The predicted octanol–water partition coefficient (Wildman–Crippen LogP) is 2.65. The fraction of sp³-hybridized carbons (Fsp3) is 0.333. The molecule has 5 heteroatoms. The maximum Gasteiger partial charge on any atom is 0.247 e. The van der Waals surface area contributed by atoms with Crippen molar-refractivity contribution in [1.29, 1.82) is 0 Å². The highest BCUT2D eigenvalue weighted by molar-refractivity contribution is 7.99. The molecule has 2 aromatic rings. The Morgan fingerprint density at radius 2 is 2.41 bits per heavy atom. The summed E-state index contributed by atoms with van der Waals surface area (Å²) in [6.45, 7) is 0. The van der Waals surface area contributed by atoms with Gasteiger partial charge in [-0.15, -0.1) is 10.2 Å². The molecule has 17 heavy (non-hydrogen) atoms. The van der Waals surface area contributed by atoms with Gasteiger partial charge in [-0.3, -0.25) is 0 Å². The molecule has 0 saturated carbocycles. The average Bonchev–Trinajstić information content (AvgIpc) is 3.01. The van der Waals surface area contributed by atoms with Crippen LogP contribution in [0, 0.1) is 0 Å². The van der Waals surface area contributed by atoms with E-state index in [2.05, 4.69) is 27.6 Å². The van der Waals surface area contributed by atoms with Crippen LogP contribution in [0.2, 0.25) is 0 Å². The summed E-state index contributed by atoms with van der Waals surface area (Å²) in [7, 11) is 0. The first-order chi connectivity index (χ1) is 8.42. The molecular formula is C12H13N3OS. The lowest BCUT2D eigenvalue weighted by Gasteiger charge is -2.13. The van der Waals surface area contributed by atoms with Gasteiger partial charge in [-0.2, -0.15) is 11.8 Å². The quantitative estimate of drug-likeness (QED) is 0.903. The van der Waals surface area contributed by atoms with Gasteiger partial charge in [-0.25, -0.2) is 0 Å². The second-order valence-corrected chi connectivity index (χ2v) is 5.18. The molecule has 1 saturated heterocycles. The van der Waals surface area contributed by atoms with Gasteiger partial charge >= 0.3 is 0 Å². The van der Waals surface area contributed by atoms with Crippen molar-refractivity contribution in [3.8, 4) is 11.5 Å². The Labute approximate surface area is 104 Å². The molecule has 88 valence electrons. The molecule has 0 radical (unpaired) electrons. The maximum absolute atomic E-state index is 5.19. The summed E-state index contributed by atoms with van der Waals surface area (Å²) in [6.07, 6.45) is 2.58. The third kappa shape index (κ3) is 2.44. The Bertz CT molecular complexity index is 480. The second-order valence-electron chi connectivity index (χ2n) is 4.03. The largest absolute Gasteiger partial charge is 0.423 e. The Morgan fingerprint density at radius 3 is 3.18 bits per heavy atom. The Morgan fingerprint density at radius 1 is 1.41 bits per heavy atom. The van der Waals surface area contributed by atoms with Crippen molar-refractivity contribution in [2.45, 2.75) is 12.5 Å². The van der Waals surface area contributed by atoms with Crippen molar-refractivity contribution in [3.63, 3.8) is 0 Å². The molecule has 1 aliphatic rings.